The third kappa shape index (κ3) is 5.38. The average Bonchev–Trinajstić information content (AvgIpc) is 3.64. The molecule has 1 aromatic carbocycles. The van der Waals surface area contributed by atoms with Crippen molar-refractivity contribution in [3.05, 3.63) is 53.3 Å². The van der Waals surface area contributed by atoms with E-state index in [0.29, 0.717) is 5.92 Å². The van der Waals surface area contributed by atoms with Gasteiger partial charge in [-0.15, -0.1) is 0 Å². The Bertz CT molecular complexity index is 1080. The van der Waals surface area contributed by atoms with Crippen molar-refractivity contribution in [2.24, 2.45) is 5.92 Å². The number of carbonyl (C=O) groups is 3. The molecule has 3 atom stereocenters. The maximum Gasteiger partial charge on any atom is 0.328 e. The molecule has 1 amide bonds. The van der Waals surface area contributed by atoms with Crippen molar-refractivity contribution < 1.29 is 28.6 Å². The van der Waals surface area contributed by atoms with Gasteiger partial charge in [0.15, 0.2) is 11.4 Å². The number of hydrogen-bond donors (Lipinski definition) is 1. The van der Waals surface area contributed by atoms with Gasteiger partial charge in [-0.1, -0.05) is 31.2 Å². The first-order chi connectivity index (χ1) is 16.4. The number of esters is 2. The number of fused-ring (bicyclic) bond motifs is 1. The molecule has 2 unspecified atom stereocenters. The van der Waals surface area contributed by atoms with E-state index in [-0.39, 0.29) is 35.6 Å². The maximum absolute atomic E-state index is 13.0. The summed E-state index contributed by atoms with van der Waals surface area (Å²) in [7, 11) is 1.42. The molecule has 0 radical (unpaired) electrons. The highest BCUT2D eigenvalue weighted by atomic mass is 16.6. The zero-order chi connectivity index (χ0) is 24.2. The Kier molecular flexibility index (Phi) is 7.14. The Morgan fingerprint density at radius 1 is 1.15 bits per heavy atom. The molecule has 4 rings (SSSR count). The molecule has 0 saturated heterocycles. The number of pyridine rings is 1. The monoisotopic (exact) mass is 466 g/mol. The first kappa shape index (κ1) is 23.7. The fraction of sp³-hybridized carbons (Fsp3) is 0.462. The number of hydrogen-bond acceptors (Lipinski definition) is 7. The van der Waals surface area contributed by atoms with E-state index in [4.69, 9.17) is 14.2 Å². The van der Waals surface area contributed by atoms with E-state index in [1.807, 2.05) is 19.1 Å². The number of methoxy groups -OCH3 is 1. The summed E-state index contributed by atoms with van der Waals surface area (Å²) >= 11 is 0. The Balaban J connectivity index is 1.41. The Morgan fingerprint density at radius 2 is 1.91 bits per heavy atom. The molecule has 2 aliphatic rings. The van der Waals surface area contributed by atoms with Crippen LogP contribution in [-0.2, 0) is 20.7 Å². The molecular weight excluding hydrogens is 436 g/mol. The van der Waals surface area contributed by atoms with Crippen LogP contribution < -0.4 is 14.8 Å². The molecule has 0 spiro atoms. The highest BCUT2D eigenvalue weighted by Gasteiger charge is 2.32. The quantitative estimate of drug-likeness (QED) is 0.593. The van der Waals surface area contributed by atoms with Crippen LogP contribution in [0.15, 0.2) is 36.5 Å². The van der Waals surface area contributed by atoms with Gasteiger partial charge in [0, 0.05) is 24.6 Å². The lowest BCUT2D eigenvalue weighted by molar-refractivity contribution is -0.152. The van der Waals surface area contributed by atoms with E-state index in [1.165, 1.54) is 30.5 Å². The third-order valence-corrected chi connectivity index (χ3v) is 6.44. The predicted molar refractivity (Wildman–Crippen MR) is 124 cm³/mol. The molecule has 2 aliphatic carbocycles. The summed E-state index contributed by atoms with van der Waals surface area (Å²) in [5.41, 5.74) is 2.33. The fourth-order valence-corrected chi connectivity index (χ4v) is 4.26. The molecule has 34 heavy (non-hydrogen) atoms. The number of ether oxygens (including phenoxy) is 3. The maximum atomic E-state index is 13.0. The predicted octanol–water partition coefficient (Wildman–Crippen LogP) is 3.58. The average molecular weight is 467 g/mol. The Hall–Kier alpha value is -3.42. The van der Waals surface area contributed by atoms with Crippen LogP contribution in [0.4, 0.5) is 0 Å². The molecule has 8 nitrogen and oxygen atoms in total. The van der Waals surface area contributed by atoms with Gasteiger partial charge in [0.25, 0.3) is 5.91 Å². The van der Waals surface area contributed by atoms with Crippen molar-refractivity contribution in [3.8, 4) is 11.5 Å². The van der Waals surface area contributed by atoms with Crippen molar-refractivity contribution in [1.29, 1.82) is 0 Å². The summed E-state index contributed by atoms with van der Waals surface area (Å²) < 4.78 is 16.5. The van der Waals surface area contributed by atoms with E-state index in [2.05, 4.69) is 22.4 Å². The minimum absolute atomic E-state index is 0.0498. The number of nitrogens with one attached hydrogen (secondary N) is 1. The van der Waals surface area contributed by atoms with Crippen molar-refractivity contribution in [2.75, 3.05) is 7.11 Å². The van der Waals surface area contributed by atoms with E-state index in [1.54, 1.807) is 6.92 Å². The van der Waals surface area contributed by atoms with E-state index < -0.39 is 23.9 Å². The molecule has 1 aromatic heterocycles. The van der Waals surface area contributed by atoms with Gasteiger partial charge >= 0.3 is 11.9 Å². The molecule has 8 heteroatoms. The lowest BCUT2D eigenvalue weighted by Gasteiger charge is -2.31. The van der Waals surface area contributed by atoms with Gasteiger partial charge in [-0.3, -0.25) is 9.59 Å². The smallest absolute Gasteiger partial charge is 0.328 e. The van der Waals surface area contributed by atoms with Gasteiger partial charge in [0.2, 0.25) is 5.75 Å². The summed E-state index contributed by atoms with van der Waals surface area (Å²) in [5.74, 6) is -1.06. The number of rotatable bonds is 8. The molecule has 0 bridgehead atoms. The van der Waals surface area contributed by atoms with Crippen LogP contribution in [-0.4, -0.2) is 42.1 Å². The highest BCUT2D eigenvalue weighted by Crippen LogP contribution is 2.35. The summed E-state index contributed by atoms with van der Waals surface area (Å²) in [6, 6.07) is 8.75. The fourth-order valence-electron chi connectivity index (χ4n) is 4.26. The van der Waals surface area contributed by atoms with Crippen LogP contribution in [0.2, 0.25) is 0 Å². The van der Waals surface area contributed by atoms with Gasteiger partial charge in [-0.05, 0) is 49.7 Å². The lowest BCUT2D eigenvalue weighted by Crippen LogP contribution is -2.42. The topological polar surface area (TPSA) is 104 Å². The van der Waals surface area contributed by atoms with Crippen molar-refractivity contribution in [1.82, 2.24) is 10.3 Å². The van der Waals surface area contributed by atoms with Crippen molar-refractivity contribution in [2.45, 2.75) is 64.0 Å². The minimum atomic E-state index is -0.917. The number of nitrogens with zero attached hydrogens (tertiary/aromatic N) is 1. The SMILES string of the molecule is COc1ccnc(C(=O)N[C@@H](C)C(=O)OC2CCc3ccccc3C2C)c1OC(=O)CC1CC1. The van der Waals surface area contributed by atoms with Gasteiger partial charge in [0.1, 0.15) is 12.1 Å². The second-order valence-corrected chi connectivity index (χ2v) is 9.01. The normalized spacial score (nSPS) is 20.0. The van der Waals surface area contributed by atoms with Gasteiger partial charge in [-0.25, -0.2) is 9.78 Å². The number of benzene rings is 1. The molecular formula is C26H30N2O6. The largest absolute Gasteiger partial charge is 0.493 e. The lowest BCUT2D eigenvalue weighted by atomic mass is 9.82. The van der Waals surface area contributed by atoms with E-state index >= 15 is 0 Å². The zero-order valence-corrected chi connectivity index (χ0v) is 19.7. The van der Waals surface area contributed by atoms with E-state index in [9.17, 15) is 14.4 Å². The van der Waals surface area contributed by atoms with Crippen LogP contribution in [0.25, 0.3) is 0 Å². The van der Waals surface area contributed by atoms with Crippen LogP contribution >= 0.6 is 0 Å². The van der Waals surface area contributed by atoms with Gasteiger partial charge in [-0.2, -0.15) is 0 Å². The van der Waals surface area contributed by atoms with Crippen LogP contribution in [0.5, 0.6) is 11.5 Å². The van der Waals surface area contributed by atoms with Gasteiger partial charge in [0.05, 0.1) is 7.11 Å². The highest BCUT2D eigenvalue weighted by molar-refractivity contribution is 5.98. The molecule has 0 aliphatic heterocycles. The number of aryl methyl sites for hydroxylation is 1. The summed E-state index contributed by atoms with van der Waals surface area (Å²) in [4.78, 5) is 42.1. The first-order valence-corrected chi connectivity index (χ1v) is 11.7. The third-order valence-electron chi connectivity index (χ3n) is 6.44. The molecule has 1 N–H and O–H groups in total. The molecule has 180 valence electrons. The number of amides is 1. The van der Waals surface area contributed by atoms with Crippen molar-refractivity contribution in [3.63, 3.8) is 0 Å². The van der Waals surface area contributed by atoms with Crippen LogP contribution in [0.3, 0.4) is 0 Å². The zero-order valence-electron chi connectivity index (χ0n) is 19.7. The first-order valence-electron chi connectivity index (χ1n) is 11.7. The van der Waals surface area contributed by atoms with E-state index in [0.717, 1.165) is 25.7 Å². The van der Waals surface area contributed by atoms with Crippen LogP contribution in [0.1, 0.15) is 67.1 Å². The molecule has 1 fully saturated rings. The Labute approximate surface area is 199 Å². The summed E-state index contributed by atoms with van der Waals surface area (Å²) in [5, 5.41) is 2.61. The second kappa shape index (κ2) is 10.2. The molecule has 2 aromatic rings. The standard InChI is InChI=1S/C26H30N2O6/c1-15-19-7-5-4-6-18(19)10-11-20(15)33-26(31)16(2)28-25(30)23-24(21(32-3)12-13-27-23)34-22(29)14-17-8-9-17/h4-7,12-13,15-17,20H,8-11,14H2,1-3H3,(H,28,30)/t15?,16-,20?/m0/s1. The minimum Gasteiger partial charge on any atom is -0.493 e. The Morgan fingerprint density at radius 3 is 2.65 bits per heavy atom. The number of aromatic nitrogens is 1. The van der Waals surface area contributed by atoms with Crippen LogP contribution in [0, 0.1) is 5.92 Å². The van der Waals surface area contributed by atoms with Gasteiger partial charge < -0.3 is 19.5 Å². The second-order valence-electron chi connectivity index (χ2n) is 9.01. The summed E-state index contributed by atoms with van der Waals surface area (Å²) in [6.45, 7) is 3.60. The number of carbonyl (C=O) groups excluding carboxylic acids is 3. The summed E-state index contributed by atoms with van der Waals surface area (Å²) in [6.07, 6.45) is 4.96. The molecule has 1 heterocycles. The molecule has 1 saturated carbocycles. The van der Waals surface area contributed by atoms with Crippen molar-refractivity contribution >= 4 is 17.8 Å².